The Balaban J connectivity index is 0.00000208. The van der Waals surface area contributed by atoms with E-state index in [4.69, 9.17) is 5.26 Å². The Morgan fingerprint density at radius 1 is 0.917 bits per heavy atom. The van der Waals surface area contributed by atoms with Crippen LogP contribution >= 0.6 is 17.0 Å². The molecule has 2 aromatic carbocycles. The summed E-state index contributed by atoms with van der Waals surface area (Å²) in [6, 6.07) is 23.2. The Kier molecular flexibility index (Phi) is 6.00. The molecule has 0 amide bonds. The summed E-state index contributed by atoms with van der Waals surface area (Å²) in [6.45, 7) is 0.222. The number of ketones is 1. The first-order valence-electron chi connectivity index (χ1n) is 7.34. The molecule has 0 aliphatic carbocycles. The smallest absolute Gasteiger partial charge is 0.227 e. The van der Waals surface area contributed by atoms with Gasteiger partial charge in [-0.15, -0.1) is 17.0 Å². The fourth-order valence-corrected chi connectivity index (χ4v) is 2.42. The van der Waals surface area contributed by atoms with Crippen LogP contribution in [0, 0.1) is 11.3 Å². The molecule has 0 aliphatic rings. The van der Waals surface area contributed by atoms with Crippen LogP contribution in [0.5, 0.6) is 0 Å². The van der Waals surface area contributed by atoms with E-state index < -0.39 is 0 Å². The molecule has 0 N–H and O–H groups in total. The minimum Gasteiger partial charge on any atom is -0.287 e. The van der Waals surface area contributed by atoms with Crippen molar-refractivity contribution in [2.24, 2.45) is 0 Å². The molecule has 0 spiro atoms. The molecule has 4 heteroatoms. The molecule has 0 aliphatic heterocycles. The van der Waals surface area contributed by atoms with Crippen molar-refractivity contribution in [1.29, 1.82) is 5.26 Å². The highest BCUT2D eigenvalue weighted by molar-refractivity contribution is 8.93. The van der Waals surface area contributed by atoms with Gasteiger partial charge < -0.3 is 0 Å². The van der Waals surface area contributed by atoms with E-state index in [0.717, 1.165) is 11.1 Å². The van der Waals surface area contributed by atoms with Crippen LogP contribution in [-0.2, 0) is 6.54 Å². The topological polar surface area (TPSA) is 44.7 Å². The second kappa shape index (κ2) is 8.19. The molecular formula is C20H16BrN2O+. The lowest BCUT2D eigenvalue weighted by atomic mass is 10.0. The quantitative estimate of drug-likeness (QED) is 0.508. The maximum absolute atomic E-state index is 12.4. The van der Waals surface area contributed by atoms with Gasteiger partial charge in [-0.25, -0.2) is 0 Å². The zero-order chi connectivity index (χ0) is 16.1. The second-order valence-corrected chi connectivity index (χ2v) is 5.24. The Bertz CT molecular complexity index is 868. The van der Waals surface area contributed by atoms with E-state index >= 15 is 0 Å². The van der Waals surface area contributed by atoms with Gasteiger partial charge in [0.15, 0.2) is 12.4 Å². The van der Waals surface area contributed by atoms with Crippen LogP contribution in [0.1, 0.15) is 15.9 Å². The minimum atomic E-state index is 0. The molecule has 0 fully saturated rings. The normalized spacial score (nSPS) is 9.62. The summed E-state index contributed by atoms with van der Waals surface area (Å²) < 4.78 is 1.73. The molecule has 118 valence electrons. The van der Waals surface area contributed by atoms with Crippen molar-refractivity contribution in [2.45, 2.75) is 6.54 Å². The summed E-state index contributed by atoms with van der Waals surface area (Å²) in [5.74, 6) is 0.0182. The molecule has 3 nitrogen and oxygen atoms in total. The molecule has 1 aromatic heterocycles. The maximum Gasteiger partial charge on any atom is 0.227 e. The molecule has 3 aromatic rings. The van der Waals surface area contributed by atoms with Gasteiger partial charge >= 0.3 is 0 Å². The third kappa shape index (κ3) is 4.15. The van der Waals surface area contributed by atoms with E-state index in [1.165, 1.54) is 0 Å². The van der Waals surface area contributed by atoms with Gasteiger partial charge in [0.25, 0.3) is 0 Å². The van der Waals surface area contributed by atoms with Crippen molar-refractivity contribution in [3.63, 3.8) is 0 Å². The number of carbonyl (C=O) groups excluding carboxylic acids is 1. The zero-order valence-corrected chi connectivity index (χ0v) is 14.6. The van der Waals surface area contributed by atoms with Crippen molar-refractivity contribution in [1.82, 2.24) is 0 Å². The van der Waals surface area contributed by atoms with Crippen LogP contribution in [-0.4, -0.2) is 5.78 Å². The van der Waals surface area contributed by atoms with Crippen LogP contribution in [0.3, 0.4) is 0 Å². The predicted octanol–water partition coefficient (Wildman–Crippen LogP) is 3.97. The number of Topliss-reactive ketones (excluding diaryl/α,β-unsaturated/α-hetero) is 1. The van der Waals surface area contributed by atoms with Crippen LogP contribution in [0.2, 0.25) is 0 Å². The average Bonchev–Trinajstić information content (AvgIpc) is 2.63. The Hall–Kier alpha value is -2.77. The van der Waals surface area contributed by atoms with E-state index in [0.29, 0.717) is 11.1 Å². The van der Waals surface area contributed by atoms with Gasteiger partial charge in [0.1, 0.15) is 11.6 Å². The number of rotatable bonds is 4. The third-order valence-corrected chi connectivity index (χ3v) is 3.63. The lowest BCUT2D eigenvalue weighted by Crippen LogP contribution is -2.37. The summed E-state index contributed by atoms with van der Waals surface area (Å²) in [6.07, 6.45) is 3.47. The first-order valence-corrected chi connectivity index (χ1v) is 7.34. The molecule has 3 rings (SSSR count). The van der Waals surface area contributed by atoms with E-state index in [1.807, 2.05) is 54.6 Å². The summed E-state index contributed by atoms with van der Waals surface area (Å²) in [4.78, 5) is 12.4. The highest BCUT2D eigenvalue weighted by Gasteiger charge is 2.12. The first-order chi connectivity index (χ1) is 11.3. The second-order valence-electron chi connectivity index (χ2n) is 5.24. The van der Waals surface area contributed by atoms with E-state index in [9.17, 15) is 4.79 Å². The highest BCUT2D eigenvalue weighted by Crippen LogP contribution is 2.19. The number of hydrogen-bond acceptors (Lipinski definition) is 2. The van der Waals surface area contributed by atoms with Crippen molar-refractivity contribution in [2.75, 3.05) is 0 Å². The van der Waals surface area contributed by atoms with Gasteiger partial charge in [-0.1, -0.05) is 54.6 Å². The molecule has 0 bridgehead atoms. The molecule has 0 unspecified atom stereocenters. The number of nitriles is 1. The van der Waals surface area contributed by atoms with Gasteiger partial charge in [0.05, 0.1) is 0 Å². The molecule has 24 heavy (non-hydrogen) atoms. The van der Waals surface area contributed by atoms with Crippen molar-refractivity contribution in [3.05, 3.63) is 90.3 Å². The predicted molar refractivity (Wildman–Crippen MR) is 97.9 cm³/mol. The fourth-order valence-electron chi connectivity index (χ4n) is 2.42. The van der Waals surface area contributed by atoms with Gasteiger partial charge in [-0.2, -0.15) is 9.83 Å². The van der Waals surface area contributed by atoms with E-state index in [1.54, 1.807) is 29.1 Å². The number of nitrogens with zero attached hydrogens (tertiary/aromatic N) is 2. The van der Waals surface area contributed by atoms with Gasteiger partial charge in [0.2, 0.25) is 12.3 Å². The van der Waals surface area contributed by atoms with E-state index in [2.05, 4.69) is 6.07 Å². The summed E-state index contributed by atoms with van der Waals surface area (Å²) >= 11 is 0. The Labute approximate surface area is 151 Å². The number of pyridine rings is 1. The first kappa shape index (κ1) is 17.6. The van der Waals surface area contributed by atoms with Crippen LogP contribution < -0.4 is 4.57 Å². The fraction of sp³-hybridized carbons (Fsp3) is 0.0500. The molecule has 1 heterocycles. The molecule has 0 saturated carbocycles. The van der Waals surface area contributed by atoms with Crippen LogP contribution in [0.15, 0.2) is 79.1 Å². The van der Waals surface area contributed by atoms with Crippen molar-refractivity contribution in [3.8, 4) is 17.2 Å². The molecule has 0 radical (unpaired) electrons. The summed E-state index contributed by atoms with van der Waals surface area (Å²) in [5.41, 5.74) is 3.42. The molecular weight excluding hydrogens is 364 g/mol. The Morgan fingerprint density at radius 2 is 1.58 bits per heavy atom. The number of hydrogen-bond donors (Lipinski definition) is 0. The number of benzene rings is 2. The summed E-state index contributed by atoms with van der Waals surface area (Å²) in [5, 5.41) is 8.90. The highest BCUT2D eigenvalue weighted by atomic mass is 79.9. The average molecular weight is 380 g/mol. The molecule has 0 saturated heterocycles. The third-order valence-electron chi connectivity index (χ3n) is 3.63. The lowest BCUT2D eigenvalue weighted by Gasteiger charge is -2.03. The van der Waals surface area contributed by atoms with Gasteiger partial charge in [-0.3, -0.25) is 4.79 Å². The zero-order valence-electron chi connectivity index (χ0n) is 12.9. The monoisotopic (exact) mass is 379 g/mol. The SMILES string of the molecule is Br.N#Cc1ccc[n+](CC(=O)c2ccc(-c3ccccc3)cc2)c1. The lowest BCUT2D eigenvalue weighted by molar-refractivity contribution is -0.683. The van der Waals surface area contributed by atoms with E-state index in [-0.39, 0.29) is 29.3 Å². The Morgan fingerprint density at radius 3 is 2.25 bits per heavy atom. The van der Waals surface area contributed by atoms with Crippen LogP contribution in [0.25, 0.3) is 11.1 Å². The van der Waals surface area contributed by atoms with Gasteiger partial charge in [0, 0.05) is 11.6 Å². The van der Waals surface area contributed by atoms with Crippen LogP contribution in [0.4, 0.5) is 0 Å². The van der Waals surface area contributed by atoms with Crippen molar-refractivity contribution < 1.29 is 9.36 Å². The van der Waals surface area contributed by atoms with Gasteiger partial charge in [-0.05, 0) is 17.2 Å². The minimum absolute atomic E-state index is 0. The maximum atomic E-state index is 12.4. The number of aromatic nitrogens is 1. The number of halogens is 1. The summed E-state index contributed by atoms with van der Waals surface area (Å²) in [7, 11) is 0. The number of carbonyl (C=O) groups is 1. The largest absolute Gasteiger partial charge is 0.287 e. The van der Waals surface area contributed by atoms with Crippen molar-refractivity contribution >= 4 is 22.8 Å². The standard InChI is InChI=1S/C20H15N2O.BrH/c21-13-16-5-4-12-22(14-16)15-20(23)19-10-8-18(9-11-19)17-6-2-1-3-7-17;/h1-12,14H,15H2;1H/q+1;. The molecule has 0 atom stereocenters.